The largest absolute Gasteiger partial charge is 0.380 e. The topological polar surface area (TPSA) is 64.5 Å². The van der Waals surface area contributed by atoms with Crippen molar-refractivity contribution in [3.63, 3.8) is 0 Å². The van der Waals surface area contributed by atoms with Crippen molar-refractivity contribution in [2.24, 2.45) is 0 Å². The molecular formula is C19H23N3O3. The van der Waals surface area contributed by atoms with Crippen molar-refractivity contribution in [3.8, 4) is 0 Å². The number of benzene rings is 1. The molecule has 2 heterocycles. The Morgan fingerprint density at radius 3 is 3.12 bits per heavy atom. The first-order valence-corrected chi connectivity index (χ1v) is 8.50. The first kappa shape index (κ1) is 17.5. The number of methoxy groups -OCH3 is 1. The Morgan fingerprint density at radius 1 is 1.40 bits per heavy atom. The zero-order valence-electron chi connectivity index (χ0n) is 14.4. The van der Waals surface area contributed by atoms with Gasteiger partial charge in [0.15, 0.2) is 0 Å². The molecule has 1 amide bonds. The number of morpholine rings is 1. The molecule has 1 aliphatic rings. The summed E-state index contributed by atoms with van der Waals surface area (Å²) in [5.74, 6) is 0.0493. The molecule has 3 rings (SSSR count). The first-order valence-electron chi connectivity index (χ1n) is 8.50. The normalized spacial score (nSPS) is 17.5. The lowest BCUT2D eigenvalue weighted by atomic mass is 10.1. The van der Waals surface area contributed by atoms with Crippen LogP contribution < -0.4 is 0 Å². The molecule has 1 atom stereocenters. The van der Waals surface area contributed by atoms with Gasteiger partial charge in [-0.05, 0) is 36.6 Å². The van der Waals surface area contributed by atoms with Crippen molar-refractivity contribution < 1.29 is 14.3 Å². The molecule has 2 aromatic rings. The van der Waals surface area contributed by atoms with E-state index in [-0.39, 0.29) is 12.0 Å². The minimum absolute atomic E-state index is 0.0369. The molecule has 1 aromatic heterocycles. The molecule has 0 bridgehead atoms. The molecule has 1 saturated heterocycles. The summed E-state index contributed by atoms with van der Waals surface area (Å²) in [6.07, 6.45) is 4.99. The minimum Gasteiger partial charge on any atom is -0.380 e. The molecule has 0 saturated carbocycles. The second-order valence-corrected chi connectivity index (χ2v) is 6.12. The Bertz CT molecular complexity index is 693. The maximum atomic E-state index is 12.8. The number of aryl methyl sites for hydroxylation is 1. The molecule has 1 fully saturated rings. The van der Waals surface area contributed by atoms with Crippen LogP contribution >= 0.6 is 0 Å². The van der Waals surface area contributed by atoms with E-state index >= 15 is 0 Å². The number of rotatable bonds is 6. The monoisotopic (exact) mass is 341 g/mol. The quantitative estimate of drug-likeness (QED) is 0.805. The molecule has 6 heteroatoms. The first-order chi connectivity index (χ1) is 12.3. The van der Waals surface area contributed by atoms with Crippen LogP contribution in [0, 0.1) is 0 Å². The van der Waals surface area contributed by atoms with Gasteiger partial charge in [0.05, 0.1) is 19.3 Å². The van der Waals surface area contributed by atoms with E-state index in [1.54, 1.807) is 19.6 Å². The number of amides is 1. The summed E-state index contributed by atoms with van der Waals surface area (Å²) in [7, 11) is 1.65. The molecule has 1 aliphatic heterocycles. The standard InChI is InChI=1S/C19H23N3O3/c1-24-13-15-3-2-4-16(11-15)19(23)22-9-10-25-18(12-22)6-5-17-7-8-20-14-21-17/h2-4,7-8,11,14,18H,5-6,9-10,12-13H2,1H3/t18-/m0/s1. The molecule has 0 radical (unpaired) electrons. The van der Waals surface area contributed by atoms with E-state index in [0.717, 1.165) is 24.1 Å². The average molecular weight is 341 g/mol. The van der Waals surface area contributed by atoms with Crippen molar-refractivity contribution in [1.29, 1.82) is 0 Å². The van der Waals surface area contributed by atoms with Crippen LogP contribution in [0.3, 0.4) is 0 Å². The van der Waals surface area contributed by atoms with Crippen LogP contribution in [0.25, 0.3) is 0 Å². The van der Waals surface area contributed by atoms with Crippen molar-refractivity contribution in [2.45, 2.75) is 25.6 Å². The van der Waals surface area contributed by atoms with E-state index < -0.39 is 0 Å². The molecular weight excluding hydrogens is 318 g/mol. The number of hydrogen-bond donors (Lipinski definition) is 0. The zero-order chi connectivity index (χ0) is 17.5. The van der Waals surface area contributed by atoms with Gasteiger partial charge in [-0.2, -0.15) is 0 Å². The highest BCUT2D eigenvalue weighted by Crippen LogP contribution is 2.15. The highest BCUT2D eigenvalue weighted by atomic mass is 16.5. The van der Waals surface area contributed by atoms with E-state index in [4.69, 9.17) is 9.47 Å². The van der Waals surface area contributed by atoms with Crippen molar-refractivity contribution in [3.05, 3.63) is 59.7 Å². The maximum Gasteiger partial charge on any atom is 0.254 e. The summed E-state index contributed by atoms with van der Waals surface area (Å²) in [5.41, 5.74) is 2.70. The van der Waals surface area contributed by atoms with Gasteiger partial charge in [-0.25, -0.2) is 9.97 Å². The SMILES string of the molecule is COCc1cccc(C(=O)N2CCO[C@@H](CCc3ccncn3)C2)c1. The van der Waals surface area contributed by atoms with Crippen LogP contribution in [0.4, 0.5) is 0 Å². The fourth-order valence-corrected chi connectivity index (χ4v) is 3.00. The maximum absolute atomic E-state index is 12.8. The summed E-state index contributed by atoms with van der Waals surface area (Å²) >= 11 is 0. The van der Waals surface area contributed by atoms with E-state index in [0.29, 0.717) is 31.9 Å². The Hall–Kier alpha value is -2.31. The van der Waals surface area contributed by atoms with Crippen LogP contribution in [-0.4, -0.2) is 53.7 Å². The van der Waals surface area contributed by atoms with Gasteiger partial charge in [0.2, 0.25) is 0 Å². The van der Waals surface area contributed by atoms with Crippen LogP contribution in [0.2, 0.25) is 0 Å². The second-order valence-electron chi connectivity index (χ2n) is 6.12. The third-order valence-electron chi connectivity index (χ3n) is 4.28. The number of carbonyl (C=O) groups is 1. The lowest BCUT2D eigenvalue weighted by Crippen LogP contribution is -2.45. The fourth-order valence-electron chi connectivity index (χ4n) is 3.00. The van der Waals surface area contributed by atoms with Gasteiger partial charge in [0.1, 0.15) is 6.33 Å². The van der Waals surface area contributed by atoms with E-state index in [9.17, 15) is 4.79 Å². The summed E-state index contributed by atoms with van der Waals surface area (Å²) in [6, 6.07) is 9.52. The number of carbonyl (C=O) groups excluding carboxylic acids is 1. The molecule has 25 heavy (non-hydrogen) atoms. The van der Waals surface area contributed by atoms with Gasteiger partial charge in [-0.1, -0.05) is 12.1 Å². The molecule has 1 aromatic carbocycles. The van der Waals surface area contributed by atoms with Gasteiger partial charge >= 0.3 is 0 Å². The van der Waals surface area contributed by atoms with Gasteiger partial charge < -0.3 is 14.4 Å². The summed E-state index contributed by atoms with van der Waals surface area (Å²) in [4.78, 5) is 22.8. The average Bonchev–Trinajstić information content (AvgIpc) is 2.67. The van der Waals surface area contributed by atoms with Crippen LogP contribution in [0.1, 0.15) is 28.0 Å². The number of ether oxygens (including phenoxy) is 2. The highest BCUT2D eigenvalue weighted by molar-refractivity contribution is 5.94. The lowest BCUT2D eigenvalue weighted by Gasteiger charge is -2.33. The third-order valence-corrected chi connectivity index (χ3v) is 4.28. The Labute approximate surface area is 147 Å². The van der Waals surface area contributed by atoms with Gasteiger partial charge in [-0.15, -0.1) is 0 Å². The number of aromatic nitrogens is 2. The number of hydrogen-bond acceptors (Lipinski definition) is 5. The smallest absolute Gasteiger partial charge is 0.254 e. The van der Waals surface area contributed by atoms with Crippen molar-refractivity contribution in [1.82, 2.24) is 14.9 Å². The van der Waals surface area contributed by atoms with Gasteiger partial charge in [0.25, 0.3) is 5.91 Å². The van der Waals surface area contributed by atoms with Crippen LogP contribution in [-0.2, 0) is 22.5 Å². The van der Waals surface area contributed by atoms with Crippen molar-refractivity contribution >= 4 is 5.91 Å². The summed E-state index contributed by atoms with van der Waals surface area (Å²) < 4.78 is 11.0. The lowest BCUT2D eigenvalue weighted by molar-refractivity contribution is -0.0247. The summed E-state index contributed by atoms with van der Waals surface area (Å²) in [5, 5.41) is 0. The second kappa shape index (κ2) is 8.69. The molecule has 0 N–H and O–H groups in total. The van der Waals surface area contributed by atoms with Crippen LogP contribution in [0.15, 0.2) is 42.9 Å². The predicted octanol–water partition coefficient (Wildman–Crippen LogP) is 2.10. The van der Waals surface area contributed by atoms with E-state index in [2.05, 4.69) is 9.97 Å². The molecule has 6 nitrogen and oxygen atoms in total. The van der Waals surface area contributed by atoms with Gasteiger partial charge in [-0.3, -0.25) is 4.79 Å². The zero-order valence-corrected chi connectivity index (χ0v) is 14.4. The molecule has 0 unspecified atom stereocenters. The minimum atomic E-state index is 0.0369. The van der Waals surface area contributed by atoms with E-state index in [1.165, 1.54) is 0 Å². The Kier molecular flexibility index (Phi) is 6.09. The van der Waals surface area contributed by atoms with E-state index in [1.807, 2.05) is 35.2 Å². The third kappa shape index (κ3) is 4.84. The number of nitrogens with zero attached hydrogens (tertiary/aromatic N) is 3. The molecule has 0 spiro atoms. The summed E-state index contributed by atoms with van der Waals surface area (Å²) in [6.45, 7) is 2.31. The molecule has 132 valence electrons. The Balaban J connectivity index is 1.58. The fraction of sp³-hybridized carbons (Fsp3) is 0.421. The predicted molar refractivity (Wildman–Crippen MR) is 93.2 cm³/mol. The molecule has 0 aliphatic carbocycles. The van der Waals surface area contributed by atoms with Crippen molar-refractivity contribution in [2.75, 3.05) is 26.8 Å². The van der Waals surface area contributed by atoms with Crippen LogP contribution in [0.5, 0.6) is 0 Å². The van der Waals surface area contributed by atoms with Gasteiger partial charge in [0, 0.05) is 37.7 Å². The highest BCUT2D eigenvalue weighted by Gasteiger charge is 2.25. The Morgan fingerprint density at radius 2 is 2.32 bits per heavy atom.